The van der Waals surface area contributed by atoms with Gasteiger partial charge in [-0.15, -0.1) is 0 Å². The van der Waals surface area contributed by atoms with Gasteiger partial charge in [0.25, 0.3) is 0 Å². The number of hydrogen-bond acceptors (Lipinski definition) is 4. The highest BCUT2D eigenvalue weighted by Gasteiger charge is 2.20. The van der Waals surface area contributed by atoms with Gasteiger partial charge in [-0.2, -0.15) is 0 Å². The van der Waals surface area contributed by atoms with E-state index in [-0.39, 0.29) is 5.41 Å². The Hall–Kier alpha value is -2.86. The molecule has 0 aliphatic rings. The number of ether oxygens (including phenoxy) is 1. The van der Waals surface area contributed by atoms with Crippen molar-refractivity contribution in [2.75, 3.05) is 27.2 Å². The number of aromatic amines is 1. The highest BCUT2D eigenvalue weighted by atomic mass is 16.5. The third-order valence-corrected chi connectivity index (χ3v) is 4.35. The van der Waals surface area contributed by atoms with Crippen molar-refractivity contribution in [2.45, 2.75) is 13.8 Å². The number of carbonyl (C=O) groups excluding carboxylic acids is 1. The maximum atomic E-state index is 12.1. The van der Waals surface area contributed by atoms with Crippen molar-refractivity contribution in [1.29, 1.82) is 0 Å². The van der Waals surface area contributed by atoms with E-state index in [2.05, 4.69) is 42.8 Å². The molecule has 2 heterocycles. The fourth-order valence-electron chi connectivity index (χ4n) is 3.43. The molecule has 1 amide bonds. The quantitative estimate of drug-likeness (QED) is 0.672. The van der Waals surface area contributed by atoms with Gasteiger partial charge in [0, 0.05) is 35.3 Å². The second-order valence-electron chi connectivity index (χ2n) is 7.87. The summed E-state index contributed by atoms with van der Waals surface area (Å²) in [7, 11) is 4.11. The fourth-order valence-corrected chi connectivity index (χ4v) is 3.43. The lowest BCUT2D eigenvalue weighted by Gasteiger charge is -2.28. The van der Waals surface area contributed by atoms with Crippen LogP contribution in [0.5, 0.6) is 5.75 Å². The van der Waals surface area contributed by atoms with Crippen LogP contribution in [0.3, 0.4) is 0 Å². The highest BCUT2D eigenvalue weighted by Crippen LogP contribution is 2.31. The van der Waals surface area contributed by atoms with E-state index in [1.165, 1.54) is 0 Å². The Kier molecular flexibility index (Phi) is 5.19. The van der Waals surface area contributed by atoms with E-state index >= 15 is 0 Å². The van der Waals surface area contributed by atoms with Crippen LogP contribution in [0, 0.1) is 5.41 Å². The van der Waals surface area contributed by atoms with Crippen LogP contribution >= 0.6 is 0 Å². The molecule has 0 spiro atoms. The molecule has 0 aliphatic heterocycles. The molecule has 0 bridgehead atoms. The molecular weight excluding hydrogens is 340 g/mol. The van der Waals surface area contributed by atoms with Gasteiger partial charge in [0.2, 0.25) is 5.91 Å². The fraction of sp³-hybridized carbons (Fsp3) is 0.333. The average Bonchev–Trinajstić information content (AvgIpc) is 3.06. The maximum Gasteiger partial charge on any atom is 0.250 e. The number of aromatic nitrogens is 2. The van der Waals surface area contributed by atoms with E-state index < -0.39 is 5.91 Å². The van der Waals surface area contributed by atoms with Crippen LogP contribution in [-0.2, 0) is 0 Å². The number of nitrogens with two attached hydrogens (primary N) is 1. The monoisotopic (exact) mass is 366 g/mol. The van der Waals surface area contributed by atoms with Gasteiger partial charge in [0.15, 0.2) is 0 Å². The van der Waals surface area contributed by atoms with E-state index in [0.717, 1.165) is 23.2 Å². The van der Waals surface area contributed by atoms with Gasteiger partial charge in [0.1, 0.15) is 11.4 Å². The molecule has 0 fully saturated rings. The lowest BCUT2D eigenvalue weighted by atomic mass is 9.94. The van der Waals surface area contributed by atoms with Gasteiger partial charge in [-0.3, -0.25) is 4.79 Å². The van der Waals surface area contributed by atoms with Crippen molar-refractivity contribution in [3.05, 3.63) is 48.3 Å². The number of fused-ring (bicyclic) bond motifs is 1. The second-order valence-corrected chi connectivity index (χ2v) is 7.87. The van der Waals surface area contributed by atoms with Crippen LogP contribution in [0.2, 0.25) is 0 Å². The molecule has 6 heteroatoms. The standard InChI is InChI=1S/C21H26N4O2/c1-21(2,12-25(3)4)13-27-15-7-5-6-14(10-15)17-11-24-20-16(8-9-23-20)18(17)19(22)26/h5-11H,12-13H2,1-4H3,(H2,22,26)(H,23,24). The number of nitrogens with one attached hydrogen (secondary N) is 1. The molecule has 6 nitrogen and oxygen atoms in total. The van der Waals surface area contributed by atoms with Gasteiger partial charge >= 0.3 is 0 Å². The summed E-state index contributed by atoms with van der Waals surface area (Å²) in [6.45, 7) is 5.86. The van der Waals surface area contributed by atoms with Crippen molar-refractivity contribution in [3.8, 4) is 16.9 Å². The first-order valence-electron chi connectivity index (χ1n) is 8.91. The third-order valence-electron chi connectivity index (χ3n) is 4.35. The number of pyridine rings is 1. The maximum absolute atomic E-state index is 12.1. The van der Waals surface area contributed by atoms with Crippen molar-refractivity contribution in [2.24, 2.45) is 11.1 Å². The van der Waals surface area contributed by atoms with Crippen LogP contribution in [0.1, 0.15) is 24.2 Å². The number of hydrogen-bond donors (Lipinski definition) is 2. The smallest absolute Gasteiger partial charge is 0.250 e. The molecule has 0 atom stereocenters. The van der Waals surface area contributed by atoms with Crippen LogP contribution in [0.4, 0.5) is 0 Å². The summed E-state index contributed by atoms with van der Waals surface area (Å²) in [5.74, 6) is 0.277. The summed E-state index contributed by atoms with van der Waals surface area (Å²) in [4.78, 5) is 21.7. The summed E-state index contributed by atoms with van der Waals surface area (Å²) in [5, 5.41) is 0.721. The van der Waals surface area contributed by atoms with Gasteiger partial charge in [-0.05, 0) is 37.9 Å². The molecule has 0 radical (unpaired) electrons. The molecule has 0 unspecified atom stereocenters. The van der Waals surface area contributed by atoms with Gasteiger partial charge in [0.05, 0.1) is 12.2 Å². The zero-order valence-electron chi connectivity index (χ0n) is 16.2. The van der Waals surface area contributed by atoms with E-state index in [1.807, 2.05) is 30.3 Å². The molecule has 0 saturated carbocycles. The zero-order chi connectivity index (χ0) is 19.6. The molecule has 2 aromatic heterocycles. The predicted octanol–water partition coefficient (Wildman–Crippen LogP) is 3.30. The second kappa shape index (κ2) is 7.40. The molecule has 3 N–H and O–H groups in total. The van der Waals surface area contributed by atoms with Crippen LogP contribution in [0.15, 0.2) is 42.7 Å². The number of rotatable bonds is 7. The Morgan fingerprint density at radius 3 is 2.78 bits per heavy atom. The molecule has 3 rings (SSSR count). The first-order valence-corrected chi connectivity index (χ1v) is 8.91. The van der Waals surface area contributed by atoms with E-state index in [9.17, 15) is 4.79 Å². The lowest BCUT2D eigenvalue weighted by molar-refractivity contribution is 0.100. The van der Waals surface area contributed by atoms with Gasteiger partial charge in [-0.25, -0.2) is 4.98 Å². The largest absolute Gasteiger partial charge is 0.493 e. The SMILES string of the molecule is CN(C)CC(C)(C)COc1cccc(-c2cnc3[nH]ccc3c2C(N)=O)c1. The number of nitrogens with zero attached hydrogens (tertiary/aromatic N) is 2. The van der Waals surface area contributed by atoms with E-state index in [4.69, 9.17) is 10.5 Å². The summed E-state index contributed by atoms with van der Waals surface area (Å²) in [6, 6.07) is 9.50. The van der Waals surface area contributed by atoms with Crippen LogP contribution < -0.4 is 10.5 Å². The molecule has 1 aromatic carbocycles. The summed E-state index contributed by atoms with van der Waals surface area (Å²) in [6.07, 6.45) is 3.42. The van der Waals surface area contributed by atoms with Crippen molar-refractivity contribution in [1.82, 2.24) is 14.9 Å². The van der Waals surface area contributed by atoms with Crippen LogP contribution in [-0.4, -0.2) is 48.0 Å². The predicted molar refractivity (Wildman–Crippen MR) is 108 cm³/mol. The molecular formula is C21H26N4O2. The number of benzene rings is 1. The van der Waals surface area contributed by atoms with E-state index in [0.29, 0.717) is 23.4 Å². The molecule has 0 aliphatic carbocycles. The summed E-state index contributed by atoms with van der Waals surface area (Å²) >= 11 is 0. The minimum absolute atomic E-state index is 0.0173. The molecule has 0 saturated heterocycles. The Morgan fingerprint density at radius 1 is 1.30 bits per heavy atom. The van der Waals surface area contributed by atoms with Crippen molar-refractivity contribution in [3.63, 3.8) is 0 Å². The van der Waals surface area contributed by atoms with Crippen LogP contribution in [0.25, 0.3) is 22.2 Å². The Labute approximate surface area is 159 Å². The minimum atomic E-state index is -0.476. The average molecular weight is 366 g/mol. The van der Waals surface area contributed by atoms with Gasteiger partial charge < -0.3 is 20.4 Å². The van der Waals surface area contributed by atoms with Crippen molar-refractivity contribution >= 4 is 16.9 Å². The zero-order valence-corrected chi connectivity index (χ0v) is 16.2. The number of amides is 1. The molecule has 27 heavy (non-hydrogen) atoms. The number of primary amides is 1. The topological polar surface area (TPSA) is 84.2 Å². The number of carbonyl (C=O) groups is 1. The van der Waals surface area contributed by atoms with Gasteiger partial charge in [-0.1, -0.05) is 26.0 Å². The highest BCUT2D eigenvalue weighted by molar-refractivity contribution is 6.10. The third kappa shape index (κ3) is 4.28. The Morgan fingerprint density at radius 2 is 2.07 bits per heavy atom. The lowest BCUT2D eigenvalue weighted by Crippen LogP contribution is -2.33. The summed E-state index contributed by atoms with van der Waals surface area (Å²) in [5.41, 5.74) is 8.34. The molecule has 142 valence electrons. The van der Waals surface area contributed by atoms with E-state index in [1.54, 1.807) is 12.4 Å². The minimum Gasteiger partial charge on any atom is -0.493 e. The number of H-pyrrole nitrogens is 1. The summed E-state index contributed by atoms with van der Waals surface area (Å²) < 4.78 is 6.04. The van der Waals surface area contributed by atoms with Crippen molar-refractivity contribution < 1.29 is 9.53 Å². The Bertz CT molecular complexity index is 960. The first kappa shape index (κ1) is 18.9. The molecule has 3 aromatic rings. The Balaban J connectivity index is 1.91. The first-order chi connectivity index (χ1) is 12.8. The normalized spacial score (nSPS) is 11.9.